The lowest BCUT2D eigenvalue weighted by Gasteiger charge is -2.37. The van der Waals surface area contributed by atoms with Crippen LogP contribution in [0, 0.1) is 0 Å². The summed E-state index contributed by atoms with van der Waals surface area (Å²) >= 11 is 0. The van der Waals surface area contributed by atoms with Crippen molar-refractivity contribution in [2.45, 2.75) is 38.5 Å². The van der Waals surface area contributed by atoms with Crippen molar-refractivity contribution >= 4 is 11.4 Å². The molecule has 0 aromatic heterocycles. The van der Waals surface area contributed by atoms with Gasteiger partial charge in [0.25, 0.3) is 0 Å². The van der Waals surface area contributed by atoms with Crippen molar-refractivity contribution in [3.8, 4) is 0 Å². The van der Waals surface area contributed by atoms with Gasteiger partial charge in [-0.15, -0.1) is 0 Å². The van der Waals surface area contributed by atoms with Crippen LogP contribution in [0.2, 0.25) is 0 Å². The fraction of sp³-hybridized carbons (Fsp3) is 0.700. The highest BCUT2D eigenvalue weighted by Crippen LogP contribution is 2.28. The first-order valence-electron chi connectivity index (χ1n) is 9.71. The van der Waals surface area contributed by atoms with Gasteiger partial charge in [0, 0.05) is 30.9 Å². The zero-order valence-corrected chi connectivity index (χ0v) is 15.3. The van der Waals surface area contributed by atoms with Crippen molar-refractivity contribution in [2.24, 2.45) is 0 Å². The molecule has 0 unspecified atom stereocenters. The van der Waals surface area contributed by atoms with Crippen LogP contribution in [0.4, 0.5) is 11.4 Å². The molecule has 2 N–H and O–H groups in total. The number of likely N-dealkylation sites (tertiary alicyclic amines) is 1. The van der Waals surface area contributed by atoms with E-state index in [1.54, 1.807) is 0 Å². The molecule has 1 fully saturated rings. The van der Waals surface area contributed by atoms with Gasteiger partial charge in [-0.25, -0.2) is 0 Å². The third-order valence-corrected chi connectivity index (χ3v) is 5.71. The van der Waals surface area contributed by atoms with Gasteiger partial charge in [0.2, 0.25) is 0 Å². The van der Waals surface area contributed by atoms with Crippen LogP contribution < -0.4 is 10.6 Å². The van der Waals surface area contributed by atoms with Gasteiger partial charge in [-0.1, -0.05) is 6.07 Å². The summed E-state index contributed by atoms with van der Waals surface area (Å²) in [6.07, 6.45) is 7.80. The fourth-order valence-electron chi connectivity index (χ4n) is 4.22. The molecule has 1 aromatic carbocycles. The topological polar surface area (TPSA) is 38.5 Å². The van der Waals surface area contributed by atoms with E-state index in [1.807, 2.05) is 6.07 Å². The number of nitrogen functional groups attached to an aromatic ring is 1. The van der Waals surface area contributed by atoms with Gasteiger partial charge in [0.15, 0.2) is 0 Å². The fourth-order valence-corrected chi connectivity index (χ4v) is 4.22. The van der Waals surface area contributed by atoms with Gasteiger partial charge in [0.1, 0.15) is 0 Å². The number of benzene rings is 1. The summed E-state index contributed by atoms with van der Waals surface area (Å²) in [5.41, 5.74) is 9.57. The van der Waals surface area contributed by atoms with Gasteiger partial charge in [-0.2, -0.15) is 0 Å². The second kappa shape index (κ2) is 8.21. The highest BCUT2D eigenvalue weighted by Gasteiger charge is 2.23. The van der Waals surface area contributed by atoms with E-state index in [0.717, 1.165) is 32.0 Å². The number of nitrogens with zero attached hydrogens (tertiary/aromatic N) is 2. The van der Waals surface area contributed by atoms with Gasteiger partial charge < -0.3 is 19.9 Å². The molecule has 4 heteroatoms. The van der Waals surface area contributed by atoms with Crippen LogP contribution in [0.15, 0.2) is 18.2 Å². The molecule has 0 radical (unpaired) electrons. The summed E-state index contributed by atoms with van der Waals surface area (Å²) in [5, 5.41) is 0. The smallest absolute Gasteiger partial charge is 0.0806 e. The van der Waals surface area contributed by atoms with Crippen LogP contribution in [-0.4, -0.2) is 57.5 Å². The van der Waals surface area contributed by atoms with Gasteiger partial charge in [0.05, 0.1) is 39.9 Å². The maximum atomic E-state index is 5.96. The number of anilines is 2. The van der Waals surface area contributed by atoms with E-state index < -0.39 is 0 Å². The summed E-state index contributed by atoms with van der Waals surface area (Å²) in [7, 11) is 2.41. The van der Waals surface area contributed by atoms with Gasteiger partial charge >= 0.3 is 0 Å². The zero-order chi connectivity index (χ0) is 16.8. The Labute approximate surface area is 147 Å². The molecule has 3 rings (SSSR count). The number of nitrogens with two attached hydrogens (primary N) is 1. The molecule has 2 heterocycles. The number of hydrogen-bond donors (Lipinski definition) is 1. The number of hydrogen-bond acceptors (Lipinski definition) is 3. The SMILES string of the molecule is C[N+]1(CCCOCCN2CCCc3ccc(N)cc32)CCCCC1. The van der Waals surface area contributed by atoms with Gasteiger partial charge in [-0.05, 0) is 49.8 Å². The van der Waals surface area contributed by atoms with E-state index >= 15 is 0 Å². The third kappa shape index (κ3) is 4.64. The number of piperidine rings is 1. The molecule has 0 amide bonds. The summed E-state index contributed by atoms with van der Waals surface area (Å²) < 4.78 is 7.19. The van der Waals surface area contributed by atoms with E-state index in [1.165, 1.54) is 73.9 Å². The van der Waals surface area contributed by atoms with Crippen LogP contribution >= 0.6 is 0 Å². The Balaban J connectivity index is 1.36. The van der Waals surface area contributed by atoms with Crippen LogP contribution in [0.5, 0.6) is 0 Å². The van der Waals surface area contributed by atoms with Gasteiger partial charge in [-0.3, -0.25) is 0 Å². The third-order valence-electron chi connectivity index (χ3n) is 5.71. The molecule has 0 aliphatic carbocycles. The Morgan fingerprint density at radius 1 is 1.12 bits per heavy atom. The van der Waals surface area contributed by atoms with Crippen molar-refractivity contribution in [1.82, 2.24) is 0 Å². The van der Waals surface area contributed by atoms with E-state index in [9.17, 15) is 0 Å². The standard InChI is InChI=1S/C20H34N3O/c1-23(12-3-2-4-13-23)14-6-15-24-16-11-22-10-5-7-18-8-9-19(21)17-20(18)22/h8-9,17H,2-7,10-16,21H2,1H3/q+1. The molecule has 2 aliphatic rings. The first-order valence-corrected chi connectivity index (χ1v) is 9.71. The monoisotopic (exact) mass is 332 g/mol. The molecular weight excluding hydrogens is 298 g/mol. The number of fused-ring (bicyclic) bond motifs is 1. The predicted octanol–water partition coefficient (Wildman–Crippen LogP) is 3.06. The minimum atomic E-state index is 0.817. The van der Waals surface area contributed by atoms with Crippen LogP contribution in [0.1, 0.15) is 37.7 Å². The first-order chi connectivity index (χ1) is 11.7. The first kappa shape index (κ1) is 17.6. The van der Waals surface area contributed by atoms with Crippen molar-refractivity contribution in [1.29, 1.82) is 0 Å². The average molecular weight is 333 g/mol. The maximum absolute atomic E-state index is 5.96. The largest absolute Gasteiger partial charge is 0.399 e. The Morgan fingerprint density at radius 3 is 2.79 bits per heavy atom. The molecule has 1 aromatic rings. The number of quaternary nitrogens is 1. The summed E-state index contributed by atoms with van der Waals surface area (Å²) in [6.45, 7) is 7.78. The highest BCUT2D eigenvalue weighted by atomic mass is 16.5. The molecule has 2 aliphatic heterocycles. The van der Waals surface area contributed by atoms with Crippen LogP contribution in [0.3, 0.4) is 0 Å². The van der Waals surface area contributed by atoms with Crippen molar-refractivity contribution in [2.75, 3.05) is 63.6 Å². The second-order valence-corrected chi connectivity index (χ2v) is 7.80. The van der Waals surface area contributed by atoms with Crippen molar-refractivity contribution < 1.29 is 9.22 Å². The summed E-state index contributed by atoms with van der Waals surface area (Å²) in [6, 6.07) is 6.32. The Kier molecular flexibility index (Phi) is 6.01. The Hall–Kier alpha value is -1.26. The predicted molar refractivity (Wildman–Crippen MR) is 101 cm³/mol. The molecule has 0 spiro atoms. The average Bonchev–Trinajstić information content (AvgIpc) is 2.59. The van der Waals surface area contributed by atoms with Crippen LogP contribution in [-0.2, 0) is 11.2 Å². The lowest BCUT2D eigenvalue weighted by molar-refractivity contribution is -0.914. The van der Waals surface area contributed by atoms with Crippen molar-refractivity contribution in [3.63, 3.8) is 0 Å². The molecular formula is C20H34N3O+. The van der Waals surface area contributed by atoms with Crippen LogP contribution in [0.25, 0.3) is 0 Å². The summed E-state index contributed by atoms with van der Waals surface area (Å²) in [4.78, 5) is 2.44. The number of rotatable bonds is 7. The molecule has 1 saturated heterocycles. The van der Waals surface area contributed by atoms with E-state index in [0.29, 0.717) is 0 Å². The molecule has 0 bridgehead atoms. The molecule has 0 atom stereocenters. The zero-order valence-electron chi connectivity index (χ0n) is 15.3. The second-order valence-electron chi connectivity index (χ2n) is 7.80. The highest BCUT2D eigenvalue weighted by molar-refractivity contribution is 5.62. The van der Waals surface area contributed by atoms with E-state index in [4.69, 9.17) is 10.5 Å². The normalized spacial score (nSPS) is 20.0. The number of aryl methyl sites for hydroxylation is 1. The van der Waals surface area contributed by atoms with E-state index in [2.05, 4.69) is 24.1 Å². The lowest BCUT2D eigenvalue weighted by Crippen LogP contribution is -2.48. The molecule has 0 saturated carbocycles. The lowest BCUT2D eigenvalue weighted by atomic mass is 10.0. The maximum Gasteiger partial charge on any atom is 0.0806 e. The number of ether oxygens (including phenoxy) is 1. The molecule has 24 heavy (non-hydrogen) atoms. The minimum Gasteiger partial charge on any atom is -0.399 e. The summed E-state index contributed by atoms with van der Waals surface area (Å²) in [5.74, 6) is 0. The van der Waals surface area contributed by atoms with E-state index in [-0.39, 0.29) is 0 Å². The Morgan fingerprint density at radius 2 is 1.96 bits per heavy atom. The van der Waals surface area contributed by atoms with Crippen molar-refractivity contribution in [3.05, 3.63) is 23.8 Å². The quantitative estimate of drug-likeness (QED) is 0.474. The molecule has 4 nitrogen and oxygen atoms in total. The Bertz CT molecular complexity index is 526. The minimum absolute atomic E-state index is 0.817. The molecule has 134 valence electrons.